The quantitative estimate of drug-likeness (QED) is 0.547. The zero-order valence-electron chi connectivity index (χ0n) is 18.2. The molecule has 3 heterocycles. The summed E-state index contributed by atoms with van der Waals surface area (Å²) in [5, 5.41) is 0.473. The zero-order chi connectivity index (χ0) is 22.9. The van der Waals surface area contributed by atoms with Crippen molar-refractivity contribution in [3.05, 3.63) is 75.3 Å². The largest absolute Gasteiger partial charge is 0.295 e. The monoisotopic (exact) mass is 474 g/mol. The molecular formula is C23H27ClN4O3S. The van der Waals surface area contributed by atoms with Gasteiger partial charge in [-0.05, 0) is 42.2 Å². The summed E-state index contributed by atoms with van der Waals surface area (Å²) in [5.41, 5.74) is 2.17. The molecule has 170 valence electrons. The molecule has 3 aromatic rings. The smallest absolute Gasteiger partial charge is 0.258 e. The van der Waals surface area contributed by atoms with Crippen LogP contribution in [0.4, 0.5) is 0 Å². The Bertz CT molecular complexity index is 1270. The number of nitrogens with zero attached hydrogens (tertiary/aromatic N) is 4. The third-order valence-corrected chi connectivity index (χ3v) is 8.23. The Hall–Kier alpha value is -2.26. The molecule has 32 heavy (non-hydrogen) atoms. The van der Waals surface area contributed by atoms with Crippen LogP contribution in [0.3, 0.4) is 0 Å². The molecular weight excluding hydrogens is 448 g/mol. The molecule has 0 amide bonds. The molecule has 1 aliphatic heterocycles. The third-order valence-electron chi connectivity index (χ3n) is 6.09. The first-order chi connectivity index (χ1) is 15.3. The van der Waals surface area contributed by atoms with Crippen molar-refractivity contribution in [2.24, 2.45) is 0 Å². The normalized spacial score (nSPS) is 17.0. The van der Waals surface area contributed by atoms with Gasteiger partial charge >= 0.3 is 0 Å². The summed E-state index contributed by atoms with van der Waals surface area (Å²) in [5.74, 6) is 0.407. The van der Waals surface area contributed by atoms with Crippen LogP contribution in [-0.2, 0) is 16.6 Å². The molecule has 0 radical (unpaired) electrons. The Balaban J connectivity index is 1.42. The lowest BCUT2D eigenvalue weighted by molar-refractivity contribution is 0.180. The van der Waals surface area contributed by atoms with E-state index in [9.17, 15) is 13.2 Å². The van der Waals surface area contributed by atoms with E-state index in [-0.39, 0.29) is 5.56 Å². The second-order valence-electron chi connectivity index (χ2n) is 8.22. The highest BCUT2D eigenvalue weighted by Gasteiger charge is 2.28. The predicted molar refractivity (Wildman–Crippen MR) is 126 cm³/mol. The zero-order valence-corrected chi connectivity index (χ0v) is 19.8. The van der Waals surface area contributed by atoms with Gasteiger partial charge in [0, 0.05) is 45.0 Å². The molecule has 1 aromatic carbocycles. The number of aromatic nitrogens is 2. The van der Waals surface area contributed by atoms with Crippen molar-refractivity contribution >= 4 is 27.3 Å². The van der Waals surface area contributed by atoms with Crippen LogP contribution < -0.4 is 5.56 Å². The van der Waals surface area contributed by atoms with Crippen molar-refractivity contribution in [3.8, 4) is 0 Å². The van der Waals surface area contributed by atoms with Crippen LogP contribution >= 0.6 is 11.6 Å². The number of hydrogen-bond acceptors (Lipinski definition) is 5. The molecule has 0 bridgehead atoms. The summed E-state index contributed by atoms with van der Waals surface area (Å²) >= 11 is 5.96. The molecule has 1 saturated heterocycles. The van der Waals surface area contributed by atoms with Crippen molar-refractivity contribution in [2.75, 3.05) is 26.2 Å². The summed E-state index contributed by atoms with van der Waals surface area (Å²) in [4.78, 5) is 19.4. The van der Waals surface area contributed by atoms with Gasteiger partial charge in [0.1, 0.15) is 5.65 Å². The number of benzene rings is 1. The third kappa shape index (κ3) is 4.73. The fourth-order valence-electron chi connectivity index (χ4n) is 3.92. The van der Waals surface area contributed by atoms with Crippen LogP contribution in [0.1, 0.15) is 37.4 Å². The maximum absolute atomic E-state index is 13.1. The van der Waals surface area contributed by atoms with Crippen LogP contribution in [0.5, 0.6) is 0 Å². The molecule has 2 aromatic heterocycles. The minimum absolute atomic E-state index is 0.186. The van der Waals surface area contributed by atoms with E-state index in [1.54, 1.807) is 30.5 Å². The standard InChI is InChI=1S/C23H27ClN4O3S/c1-3-17(2)18-4-7-21(8-5-18)32(30,31)27-12-10-26(11-13-27)16-20-14-23(29)28-15-19(24)6-9-22(28)25-20/h4-9,14-15,17H,3,10-13,16H2,1-2H3. The number of halogens is 1. The summed E-state index contributed by atoms with van der Waals surface area (Å²) in [7, 11) is -3.52. The lowest BCUT2D eigenvalue weighted by Crippen LogP contribution is -2.48. The molecule has 0 saturated carbocycles. The Kier molecular flexibility index (Phi) is 6.67. The van der Waals surface area contributed by atoms with E-state index < -0.39 is 10.0 Å². The molecule has 0 aliphatic carbocycles. The summed E-state index contributed by atoms with van der Waals surface area (Å²) in [6.07, 6.45) is 2.56. The van der Waals surface area contributed by atoms with E-state index in [1.807, 2.05) is 12.1 Å². The highest BCUT2D eigenvalue weighted by atomic mass is 35.5. The SMILES string of the molecule is CCC(C)c1ccc(S(=O)(=O)N2CCN(Cc3cc(=O)n4cc(Cl)ccc4n3)CC2)cc1. The van der Waals surface area contributed by atoms with Crippen LogP contribution in [0, 0.1) is 0 Å². The Morgan fingerprint density at radius 1 is 1.06 bits per heavy atom. The lowest BCUT2D eigenvalue weighted by atomic mass is 9.99. The van der Waals surface area contributed by atoms with Crippen LogP contribution in [-0.4, -0.2) is 53.2 Å². The fraction of sp³-hybridized carbons (Fsp3) is 0.391. The van der Waals surface area contributed by atoms with Crippen LogP contribution in [0.25, 0.3) is 5.65 Å². The Labute approximate surface area is 193 Å². The molecule has 9 heteroatoms. The molecule has 0 N–H and O–H groups in total. The topological polar surface area (TPSA) is 75.0 Å². The highest BCUT2D eigenvalue weighted by Crippen LogP contribution is 2.23. The summed E-state index contributed by atoms with van der Waals surface area (Å²) in [6, 6.07) is 12.2. The number of hydrogen-bond donors (Lipinski definition) is 0. The first-order valence-corrected chi connectivity index (χ1v) is 12.6. The van der Waals surface area contributed by atoms with E-state index >= 15 is 0 Å². The number of piperazine rings is 1. The summed E-state index contributed by atoms with van der Waals surface area (Å²) < 4.78 is 29.1. The van der Waals surface area contributed by atoms with E-state index in [4.69, 9.17) is 11.6 Å². The molecule has 1 unspecified atom stereocenters. The van der Waals surface area contributed by atoms with E-state index in [0.29, 0.717) is 59.9 Å². The van der Waals surface area contributed by atoms with Gasteiger partial charge in [-0.3, -0.25) is 14.1 Å². The lowest BCUT2D eigenvalue weighted by Gasteiger charge is -2.33. The number of fused-ring (bicyclic) bond motifs is 1. The Morgan fingerprint density at radius 2 is 1.75 bits per heavy atom. The van der Waals surface area contributed by atoms with Crippen LogP contribution in [0.15, 0.2) is 58.4 Å². The number of pyridine rings is 1. The van der Waals surface area contributed by atoms with E-state index in [0.717, 1.165) is 12.0 Å². The molecule has 4 rings (SSSR count). The molecule has 1 aliphatic rings. The van der Waals surface area contributed by atoms with E-state index in [2.05, 4.69) is 23.7 Å². The highest BCUT2D eigenvalue weighted by molar-refractivity contribution is 7.89. The minimum atomic E-state index is -3.52. The molecule has 7 nitrogen and oxygen atoms in total. The van der Waals surface area contributed by atoms with Gasteiger partial charge in [0.15, 0.2) is 0 Å². The van der Waals surface area contributed by atoms with Gasteiger partial charge in [0.2, 0.25) is 10.0 Å². The van der Waals surface area contributed by atoms with Gasteiger partial charge in [-0.15, -0.1) is 0 Å². The molecule has 1 atom stereocenters. The van der Waals surface area contributed by atoms with Gasteiger partial charge in [0.25, 0.3) is 5.56 Å². The molecule has 0 spiro atoms. The first kappa shape index (κ1) is 22.9. The number of sulfonamides is 1. The fourth-order valence-corrected chi connectivity index (χ4v) is 5.50. The maximum Gasteiger partial charge on any atom is 0.258 e. The van der Waals surface area contributed by atoms with Crippen molar-refractivity contribution in [3.63, 3.8) is 0 Å². The van der Waals surface area contributed by atoms with Gasteiger partial charge < -0.3 is 0 Å². The van der Waals surface area contributed by atoms with Crippen molar-refractivity contribution in [1.82, 2.24) is 18.6 Å². The predicted octanol–water partition coefficient (Wildman–Crippen LogP) is 3.37. The van der Waals surface area contributed by atoms with Crippen molar-refractivity contribution < 1.29 is 8.42 Å². The molecule has 1 fully saturated rings. The van der Waals surface area contributed by atoms with Crippen molar-refractivity contribution in [2.45, 2.75) is 37.6 Å². The van der Waals surface area contributed by atoms with E-state index in [1.165, 1.54) is 14.8 Å². The van der Waals surface area contributed by atoms with Crippen molar-refractivity contribution in [1.29, 1.82) is 0 Å². The van der Waals surface area contributed by atoms with Gasteiger partial charge in [-0.1, -0.05) is 37.6 Å². The average Bonchev–Trinajstić information content (AvgIpc) is 2.79. The van der Waals surface area contributed by atoms with Gasteiger partial charge in [-0.2, -0.15) is 4.31 Å². The first-order valence-electron chi connectivity index (χ1n) is 10.8. The van der Waals surface area contributed by atoms with Gasteiger partial charge in [-0.25, -0.2) is 13.4 Å². The van der Waals surface area contributed by atoms with Crippen LogP contribution in [0.2, 0.25) is 5.02 Å². The number of rotatable bonds is 6. The Morgan fingerprint density at radius 3 is 2.41 bits per heavy atom. The average molecular weight is 475 g/mol. The van der Waals surface area contributed by atoms with Gasteiger partial charge in [0.05, 0.1) is 15.6 Å². The minimum Gasteiger partial charge on any atom is -0.295 e. The summed E-state index contributed by atoms with van der Waals surface area (Å²) in [6.45, 7) is 6.70. The second-order valence-corrected chi connectivity index (χ2v) is 10.6. The maximum atomic E-state index is 13.1. The second kappa shape index (κ2) is 9.31.